The summed E-state index contributed by atoms with van der Waals surface area (Å²) in [6.07, 6.45) is 5.33. The smallest absolute Gasteiger partial charge is 0.0616 e. The third-order valence-corrected chi connectivity index (χ3v) is 4.38. The summed E-state index contributed by atoms with van der Waals surface area (Å²) in [5.41, 5.74) is 6.32. The minimum atomic E-state index is 0.240. The minimum absolute atomic E-state index is 0.240. The van der Waals surface area contributed by atoms with E-state index in [4.69, 9.17) is 10.5 Å². The van der Waals surface area contributed by atoms with Crippen LogP contribution in [0.3, 0.4) is 0 Å². The van der Waals surface area contributed by atoms with Crippen LogP contribution in [-0.4, -0.2) is 42.8 Å². The van der Waals surface area contributed by atoms with Crippen molar-refractivity contribution in [2.75, 3.05) is 26.2 Å². The number of likely N-dealkylation sites (tertiary alicyclic amines) is 1. The molecule has 3 nitrogen and oxygen atoms in total. The van der Waals surface area contributed by atoms with Crippen molar-refractivity contribution < 1.29 is 4.74 Å². The van der Waals surface area contributed by atoms with Gasteiger partial charge in [0.05, 0.1) is 6.10 Å². The molecule has 94 valence electrons. The zero-order valence-corrected chi connectivity index (χ0v) is 10.7. The first-order chi connectivity index (χ1) is 7.68. The molecule has 3 heteroatoms. The van der Waals surface area contributed by atoms with Crippen LogP contribution in [0, 0.1) is 5.92 Å². The number of rotatable bonds is 3. The van der Waals surface area contributed by atoms with Gasteiger partial charge in [-0.1, -0.05) is 13.8 Å². The summed E-state index contributed by atoms with van der Waals surface area (Å²) in [5, 5.41) is 0. The van der Waals surface area contributed by atoms with Gasteiger partial charge in [0.1, 0.15) is 0 Å². The molecule has 0 amide bonds. The molecule has 2 N–H and O–H groups in total. The molecule has 0 saturated carbocycles. The van der Waals surface area contributed by atoms with E-state index < -0.39 is 0 Å². The van der Waals surface area contributed by atoms with Crippen molar-refractivity contribution in [3.05, 3.63) is 0 Å². The fourth-order valence-corrected chi connectivity index (χ4v) is 3.16. The van der Waals surface area contributed by atoms with E-state index in [9.17, 15) is 0 Å². The summed E-state index contributed by atoms with van der Waals surface area (Å²) in [6.45, 7) is 8.66. The van der Waals surface area contributed by atoms with Gasteiger partial charge in [-0.2, -0.15) is 0 Å². The zero-order valence-electron chi connectivity index (χ0n) is 10.7. The van der Waals surface area contributed by atoms with Crippen LogP contribution < -0.4 is 5.73 Å². The average Bonchev–Trinajstić information content (AvgIpc) is 2.83. The van der Waals surface area contributed by atoms with Gasteiger partial charge in [-0.3, -0.25) is 4.90 Å². The third kappa shape index (κ3) is 2.27. The second-order valence-corrected chi connectivity index (χ2v) is 5.73. The molecule has 2 rings (SSSR count). The van der Waals surface area contributed by atoms with E-state index in [0.29, 0.717) is 12.0 Å². The lowest BCUT2D eigenvalue weighted by Gasteiger charge is -2.47. The highest BCUT2D eigenvalue weighted by molar-refractivity contribution is 4.98. The Morgan fingerprint density at radius 2 is 2.06 bits per heavy atom. The maximum absolute atomic E-state index is 6.08. The lowest BCUT2D eigenvalue weighted by atomic mass is 9.82. The SMILES string of the molecule is CC(C)C1CC(CN)(N2CCCC2)CCO1. The molecule has 0 aliphatic carbocycles. The van der Waals surface area contributed by atoms with Gasteiger partial charge >= 0.3 is 0 Å². The Labute approximate surface area is 99.3 Å². The summed E-state index contributed by atoms with van der Waals surface area (Å²) < 4.78 is 5.87. The Balaban J connectivity index is 2.07. The van der Waals surface area contributed by atoms with Crippen molar-refractivity contribution >= 4 is 0 Å². The van der Waals surface area contributed by atoms with Gasteiger partial charge in [-0.15, -0.1) is 0 Å². The van der Waals surface area contributed by atoms with Gasteiger partial charge in [0.25, 0.3) is 0 Å². The Morgan fingerprint density at radius 1 is 1.38 bits per heavy atom. The second-order valence-electron chi connectivity index (χ2n) is 5.73. The molecule has 0 aromatic carbocycles. The van der Waals surface area contributed by atoms with Crippen molar-refractivity contribution in [2.45, 2.75) is 51.2 Å². The van der Waals surface area contributed by atoms with Crippen molar-refractivity contribution in [1.82, 2.24) is 4.90 Å². The molecule has 0 radical (unpaired) electrons. The van der Waals surface area contributed by atoms with E-state index in [0.717, 1.165) is 26.0 Å². The van der Waals surface area contributed by atoms with Crippen molar-refractivity contribution in [1.29, 1.82) is 0 Å². The van der Waals surface area contributed by atoms with Crippen LogP contribution in [0.4, 0.5) is 0 Å². The molecule has 2 aliphatic rings. The average molecular weight is 226 g/mol. The lowest BCUT2D eigenvalue weighted by molar-refractivity contribution is -0.0821. The third-order valence-electron chi connectivity index (χ3n) is 4.38. The Morgan fingerprint density at radius 3 is 2.62 bits per heavy atom. The fraction of sp³-hybridized carbons (Fsp3) is 1.00. The molecular formula is C13H26N2O. The van der Waals surface area contributed by atoms with Crippen LogP contribution in [0.15, 0.2) is 0 Å². The second kappa shape index (κ2) is 5.03. The molecule has 2 unspecified atom stereocenters. The maximum Gasteiger partial charge on any atom is 0.0616 e. The summed E-state index contributed by atoms with van der Waals surface area (Å²) in [5.74, 6) is 0.605. The highest BCUT2D eigenvalue weighted by Gasteiger charge is 2.42. The van der Waals surface area contributed by atoms with Crippen LogP contribution in [0.1, 0.15) is 39.5 Å². The van der Waals surface area contributed by atoms with Crippen molar-refractivity contribution in [3.8, 4) is 0 Å². The molecule has 0 spiro atoms. The van der Waals surface area contributed by atoms with E-state index in [1.54, 1.807) is 0 Å². The molecule has 2 heterocycles. The number of nitrogens with two attached hydrogens (primary N) is 1. The largest absolute Gasteiger partial charge is 0.378 e. The predicted molar refractivity (Wildman–Crippen MR) is 66.4 cm³/mol. The van der Waals surface area contributed by atoms with Crippen LogP contribution in [0.25, 0.3) is 0 Å². The van der Waals surface area contributed by atoms with Gasteiger partial charge in [0, 0.05) is 18.7 Å². The van der Waals surface area contributed by atoms with E-state index in [1.165, 1.54) is 25.9 Å². The molecule has 0 aromatic rings. The number of hydrogen-bond donors (Lipinski definition) is 1. The summed E-state index contributed by atoms with van der Waals surface area (Å²) in [6, 6.07) is 0. The van der Waals surface area contributed by atoms with Crippen LogP contribution in [0.5, 0.6) is 0 Å². The molecule has 0 bridgehead atoms. The molecule has 2 saturated heterocycles. The fourth-order valence-electron chi connectivity index (χ4n) is 3.16. The van der Waals surface area contributed by atoms with Crippen molar-refractivity contribution in [2.24, 2.45) is 11.7 Å². The van der Waals surface area contributed by atoms with E-state index in [2.05, 4.69) is 18.7 Å². The molecule has 16 heavy (non-hydrogen) atoms. The highest BCUT2D eigenvalue weighted by atomic mass is 16.5. The van der Waals surface area contributed by atoms with Gasteiger partial charge in [-0.05, 0) is 44.7 Å². The first-order valence-electron chi connectivity index (χ1n) is 6.75. The van der Waals surface area contributed by atoms with Crippen molar-refractivity contribution in [3.63, 3.8) is 0 Å². The molecule has 2 aliphatic heterocycles. The van der Waals surface area contributed by atoms with E-state index in [1.807, 2.05) is 0 Å². The molecular weight excluding hydrogens is 200 g/mol. The monoisotopic (exact) mass is 226 g/mol. The first-order valence-corrected chi connectivity index (χ1v) is 6.75. The molecule has 2 fully saturated rings. The quantitative estimate of drug-likeness (QED) is 0.794. The number of hydrogen-bond acceptors (Lipinski definition) is 3. The lowest BCUT2D eigenvalue weighted by Crippen LogP contribution is -2.58. The van der Waals surface area contributed by atoms with Gasteiger partial charge < -0.3 is 10.5 Å². The summed E-state index contributed by atoms with van der Waals surface area (Å²) in [4.78, 5) is 2.63. The van der Waals surface area contributed by atoms with Gasteiger partial charge in [0.2, 0.25) is 0 Å². The number of ether oxygens (including phenoxy) is 1. The van der Waals surface area contributed by atoms with E-state index in [-0.39, 0.29) is 5.54 Å². The van der Waals surface area contributed by atoms with Gasteiger partial charge in [-0.25, -0.2) is 0 Å². The summed E-state index contributed by atoms with van der Waals surface area (Å²) >= 11 is 0. The summed E-state index contributed by atoms with van der Waals surface area (Å²) in [7, 11) is 0. The molecule has 0 aromatic heterocycles. The van der Waals surface area contributed by atoms with Gasteiger partial charge in [0.15, 0.2) is 0 Å². The Hall–Kier alpha value is -0.120. The standard InChI is InChI=1S/C13H26N2O/c1-11(2)12-9-13(10-14,5-8-16-12)15-6-3-4-7-15/h11-12H,3-10,14H2,1-2H3. The first kappa shape index (κ1) is 12.3. The van der Waals surface area contributed by atoms with Crippen LogP contribution in [-0.2, 0) is 4.74 Å². The highest BCUT2D eigenvalue weighted by Crippen LogP contribution is 2.34. The zero-order chi connectivity index (χ0) is 11.6. The minimum Gasteiger partial charge on any atom is -0.378 e. The Bertz CT molecular complexity index is 226. The number of nitrogens with zero attached hydrogens (tertiary/aromatic N) is 1. The van der Waals surface area contributed by atoms with Crippen LogP contribution in [0.2, 0.25) is 0 Å². The van der Waals surface area contributed by atoms with E-state index >= 15 is 0 Å². The Kier molecular flexibility index (Phi) is 3.88. The predicted octanol–water partition coefficient (Wildman–Crippen LogP) is 1.61. The maximum atomic E-state index is 6.08. The topological polar surface area (TPSA) is 38.5 Å². The molecule has 2 atom stereocenters. The van der Waals surface area contributed by atoms with Crippen LogP contribution >= 0.6 is 0 Å². The normalized spacial score (nSPS) is 37.1.